The lowest BCUT2D eigenvalue weighted by molar-refractivity contribution is 0.0105. The molecule has 0 spiro atoms. The van der Waals surface area contributed by atoms with Crippen LogP contribution in [0.25, 0.3) is 5.69 Å². The van der Waals surface area contributed by atoms with E-state index in [2.05, 4.69) is 20.8 Å². The average Bonchev–Trinajstić information content (AvgIpc) is 2.95. The number of benzene rings is 1. The van der Waals surface area contributed by atoms with E-state index in [1.165, 1.54) is 0 Å². The van der Waals surface area contributed by atoms with E-state index in [9.17, 15) is 4.79 Å². The molecule has 2 aromatic rings. The summed E-state index contributed by atoms with van der Waals surface area (Å²) < 4.78 is 6.93. The van der Waals surface area contributed by atoms with E-state index in [1.807, 2.05) is 45.0 Å². The van der Waals surface area contributed by atoms with Crippen molar-refractivity contribution in [1.29, 1.82) is 0 Å². The van der Waals surface area contributed by atoms with Gasteiger partial charge in [-0.3, -0.25) is 0 Å². The van der Waals surface area contributed by atoms with Gasteiger partial charge in [0.25, 0.3) is 0 Å². The molecule has 1 aliphatic rings. The molecule has 122 valence electrons. The third-order valence-electron chi connectivity index (χ3n) is 3.38. The largest absolute Gasteiger partial charge is 0.444 e. The SMILES string of the molecule is CC(C)(C)OC(=O)N1CC(Nc2ccc(-n3cnnn3)cc2)C1. The van der Waals surface area contributed by atoms with E-state index in [4.69, 9.17) is 4.74 Å². The molecular weight excluding hydrogens is 296 g/mol. The average molecular weight is 316 g/mol. The van der Waals surface area contributed by atoms with Gasteiger partial charge in [-0.05, 0) is 55.5 Å². The van der Waals surface area contributed by atoms with Crippen LogP contribution in [0.3, 0.4) is 0 Å². The van der Waals surface area contributed by atoms with Gasteiger partial charge in [0, 0.05) is 18.8 Å². The standard InChI is InChI=1S/C15H20N6O2/c1-15(2,3)23-14(22)20-8-12(9-20)17-11-4-6-13(7-5-11)21-10-16-18-19-21/h4-7,10,12,17H,8-9H2,1-3H3. The number of tetrazole rings is 1. The number of nitrogens with one attached hydrogen (secondary N) is 1. The number of rotatable bonds is 3. The first-order valence-corrected chi connectivity index (χ1v) is 7.48. The van der Waals surface area contributed by atoms with Crippen LogP contribution in [-0.2, 0) is 4.74 Å². The summed E-state index contributed by atoms with van der Waals surface area (Å²) in [6.07, 6.45) is 1.29. The van der Waals surface area contributed by atoms with Crippen LogP contribution < -0.4 is 5.32 Å². The number of anilines is 1. The summed E-state index contributed by atoms with van der Waals surface area (Å²) in [7, 11) is 0. The Balaban J connectivity index is 1.49. The molecule has 0 aliphatic carbocycles. The van der Waals surface area contributed by atoms with Crippen molar-refractivity contribution in [2.75, 3.05) is 18.4 Å². The highest BCUT2D eigenvalue weighted by atomic mass is 16.6. The van der Waals surface area contributed by atoms with Gasteiger partial charge < -0.3 is 15.0 Å². The molecule has 1 N–H and O–H groups in total. The van der Waals surface area contributed by atoms with Crippen molar-refractivity contribution in [3.8, 4) is 5.69 Å². The minimum absolute atomic E-state index is 0.237. The highest BCUT2D eigenvalue weighted by molar-refractivity contribution is 5.69. The van der Waals surface area contributed by atoms with Crippen molar-refractivity contribution in [2.45, 2.75) is 32.4 Å². The molecule has 1 fully saturated rings. The molecule has 3 rings (SSSR count). The Morgan fingerprint density at radius 1 is 1.26 bits per heavy atom. The van der Waals surface area contributed by atoms with Gasteiger partial charge in [0.05, 0.1) is 11.7 Å². The van der Waals surface area contributed by atoms with Crippen LogP contribution in [0.1, 0.15) is 20.8 Å². The summed E-state index contributed by atoms with van der Waals surface area (Å²) in [5.41, 5.74) is 1.43. The second-order valence-electron chi connectivity index (χ2n) is 6.53. The minimum Gasteiger partial charge on any atom is -0.444 e. The molecule has 0 atom stereocenters. The number of ether oxygens (including phenoxy) is 1. The molecule has 23 heavy (non-hydrogen) atoms. The number of hydrogen-bond donors (Lipinski definition) is 1. The molecule has 0 radical (unpaired) electrons. The predicted octanol–water partition coefficient (Wildman–Crippen LogP) is 1.69. The van der Waals surface area contributed by atoms with Gasteiger partial charge in [0.1, 0.15) is 11.9 Å². The Bertz CT molecular complexity index is 656. The van der Waals surface area contributed by atoms with Crippen LogP contribution in [0.15, 0.2) is 30.6 Å². The summed E-state index contributed by atoms with van der Waals surface area (Å²) in [6.45, 7) is 6.89. The van der Waals surface area contributed by atoms with Crippen LogP contribution >= 0.6 is 0 Å². The van der Waals surface area contributed by atoms with Crippen LogP contribution in [0, 0.1) is 0 Å². The van der Waals surface area contributed by atoms with Crippen LogP contribution in [-0.4, -0.2) is 55.9 Å². The van der Waals surface area contributed by atoms with Gasteiger partial charge in [-0.15, -0.1) is 5.10 Å². The van der Waals surface area contributed by atoms with Crippen molar-refractivity contribution in [2.24, 2.45) is 0 Å². The van der Waals surface area contributed by atoms with Gasteiger partial charge in [-0.1, -0.05) is 0 Å². The lowest BCUT2D eigenvalue weighted by Gasteiger charge is -2.40. The van der Waals surface area contributed by atoms with Crippen molar-refractivity contribution in [1.82, 2.24) is 25.1 Å². The van der Waals surface area contributed by atoms with Gasteiger partial charge in [0.15, 0.2) is 0 Å². The van der Waals surface area contributed by atoms with Gasteiger partial charge in [0.2, 0.25) is 0 Å². The highest BCUT2D eigenvalue weighted by Gasteiger charge is 2.33. The van der Waals surface area contributed by atoms with Crippen molar-refractivity contribution >= 4 is 11.8 Å². The molecule has 1 aromatic carbocycles. The second kappa shape index (κ2) is 5.86. The van der Waals surface area contributed by atoms with Gasteiger partial charge in [-0.2, -0.15) is 0 Å². The Hall–Kier alpha value is -2.64. The molecule has 0 bridgehead atoms. The first-order valence-electron chi connectivity index (χ1n) is 7.48. The fourth-order valence-electron chi connectivity index (χ4n) is 2.27. The molecule has 0 unspecified atom stereocenters. The van der Waals surface area contributed by atoms with Gasteiger partial charge >= 0.3 is 6.09 Å². The molecule has 8 nitrogen and oxygen atoms in total. The predicted molar refractivity (Wildman–Crippen MR) is 84.4 cm³/mol. The monoisotopic (exact) mass is 316 g/mol. The quantitative estimate of drug-likeness (QED) is 0.927. The molecule has 8 heteroatoms. The fourth-order valence-corrected chi connectivity index (χ4v) is 2.27. The van der Waals surface area contributed by atoms with Crippen LogP contribution in [0.5, 0.6) is 0 Å². The first kappa shape index (κ1) is 15.3. The molecular formula is C15H20N6O2. The normalized spacial score (nSPS) is 15.2. The van der Waals surface area contributed by atoms with E-state index in [0.717, 1.165) is 11.4 Å². The van der Waals surface area contributed by atoms with E-state index < -0.39 is 5.60 Å². The molecule has 2 heterocycles. The van der Waals surface area contributed by atoms with E-state index >= 15 is 0 Å². The maximum absolute atomic E-state index is 11.9. The number of carbonyl (C=O) groups is 1. The molecule has 1 saturated heterocycles. The third kappa shape index (κ3) is 3.77. The zero-order chi connectivity index (χ0) is 16.4. The van der Waals surface area contributed by atoms with E-state index in [-0.39, 0.29) is 12.1 Å². The van der Waals surface area contributed by atoms with Crippen molar-refractivity contribution < 1.29 is 9.53 Å². The summed E-state index contributed by atoms with van der Waals surface area (Å²) in [5.74, 6) is 0. The lowest BCUT2D eigenvalue weighted by atomic mass is 10.1. The molecule has 1 amide bonds. The summed E-state index contributed by atoms with van der Waals surface area (Å²) in [6, 6.07) is 8.04. The first-order chi connectivity index (χ1) is 10.9. The zero-order valence-electron chi connectivity index (χ0n) is 13.4. The Labute approximate surface area is 134 Å². The van der Waals surface area contributed by atoms with Crippen molar-refractivity contribution in [3.63, 3.8) is 0 Å². The molecule has 1 aromatic heterocycles. The number of amides is 1. The van der Waals surface area contributed by atoms with E-state index in [0.29, 0.717) is 13.1 Å². The third-order valence-corrected chi connectivity index (χ3v) is 3.38. The second-order valence-corrected chi connectivity index (χ2v) is 6.53. The number of hydrogen-bond acceptors (Lipinski definition) is 6. The van der Waals surface area contributed by atoms with Gasteiger partial charge in [-0.25, -0.2) is 9.48 Å². The zero-order valence-corrected chi connectivity index (χ0v) is 13.4. The number of carbonyl (C=O) groups excluding carboxylic acids is 1. The number of likely N-dealkylation sites (tertiary alicyclic amines) is 1. The smallest absolute Gasteiger partial charge is 0.410 e. The molecule has 0 saturated carbocycles. The maximum Gasteiger partial charge on any atom is 0.410 e. The minimum atomic E-state index is -0.457. The van der Waals surface area contributed by atoms with Crippen molar-refractivity contribution in [3.05, 3.63) is 30.6 Å². The maximum atomic E-state index is 11.9. The fraction of sp³-hybridized carbons (Fsp3) is 0.467. The Morgan fingerprint density at radius 3 is 2.52 bits per heavy atom. The van der Waals surface area contributed by atoms with Crippen LogP contribution in [0.4, 0.5) is 10.5 Å². The summed E-state index contributed by atoms with van der Waals surface area (Å²) in [5, 5.41) is 14.4. The van der Waals surface area contributed by atoms with E-state index in [1.54, 1.807) is 15.9 Å². The Kier molecular flexibility index (Phi) is 3.89. The number of nitrogens with zero attached hydrogens (tertiary/aromatic N) is 5. The summed E-state index contributed by atoms with van der Waals surface area (Å²) >= 11 is 0. The summed E-state index contributed by atoms with van der Waals surface area (Å²) in [4.78, 5) is 13.6. The van der Waals surface area contributed by atoms with Crippen LogP contribution in [0.2, 0.25) is 0 Å². The lowest BCUT2D eigenvalue weighted by Crippen LogP contribution is -2.57. The molecule has 1 aliphatic heterocycles. The Morgan fingerprint density at radius 2 is 1.96 bits per heavy atom. The topological polar surface area (TPSA) is 85.2 Å². The highest BCUT2D eigenvalue weighted by Crippen LogP contribution is 2.19. The number of aromatic nitrogens is 4.